The molecule has 0 aliphatic heterocycles. The monoisotopic (exact) mass is 205 g/mol. The fourth-order valence-corrected chi connectivity index (χ4v) is 1.54. The molecule has 2 aromatic rings. The molecule has 3 heteroatoms. The minimum absolute atomic E-state index is 0.216. The number of hydrogen-bond acceptors (Lipinski definition) is 3. The minimum atomic E-state index is -0.739. The maximum absolute atomic E-state index is 9.79. The van der Waals surface area contributed by atoms with Crippen LogP contribution in [-0.4, -0.2) is 11.1 Å². The van der Waals surface area contributed by atoms with Crippen molar-refractivity contribution in [2.75, 3.05) is 0 Å². The van der Waals surface area contributed by atoms with Crippen LogP contribution < -0.4 is 5.32 Å². The summed E-state index contributed by atoms with van der Waals surface area (Å²) in [4.78, 5) is 0. The molecule has 3 nitrogen and oxygen atoms in total. The van der Waals surface area contributed by atoms with E-state index in [1.807, 2.05) is 44.2 Å². The average Bonchev–Trinajstić information content (AvgIpc) is 2.59. The summed E-state index contributed by atoms with van der Waals surface area (Å²) >= 11 is 0. The Kier molecular flexibility index (Phi) is 2.75. The zero-order valence-corrected chi connectivity index (χ0v) is 8.90. The molecule has 1 unspecified atom stereocenters. The molecule has 0 saturated carbocycles. The first kappa shape index (κ1) is 10.2. The minimum Gasteiger partial charge on any atom is -0.457 e. The predicted molar refractivity (Wildman–Crippen MR) is 59.4 cm³/mol. The zero-order chi connectivity index (χ0) is 10.8. The van der Waals surface area contributed by atoms with Gasteiger partial charge in [-0.25, -0.2) is 0 Å². The lowest BCUT2D eigenvalue weighted by Crippen LogP contribution is -2.27. The third-order valence-electron chi connectivity index (χ3n) is 2.21. The first-order valence-corrected chi connectivity index (χ1v) is 5.09. The fraction of sp³-hybridized carbons (Fsp3) is 0.333. The van der Waals surface area contributed by atoms with Crippen molar-refractivity contribution in [3.05, 3.63) is 36.1 Å². The van der Waals surface area contributed by atoms with Gasteiger partial charge in [-0.1, -0.05) is 18.2 Å². The Morgan fingerprint density at radius 2 is 2.00 bits per heavy atom. The standard InChI is InChI=1S/C12H15NO2/c1-8(2)13-12(14)11-7-9-5-3-4-6-10(9)15-11/h3-8,12-14H,1-2H3. The van der Waals surface area contributed by atoms with Crippen molar-refractivity contribution in [1.82, 2.24) is 5.32 Å². The van der Waals surface area contributed by atoms with E-state index in [1.165, 1.54) is 0 Å². The summed E-state index contributed by atoms with van der Waals surface area (Å²) in [5.74, 6) is 0.560. The average molecular weight is 205 g/mol. The van der Waals surface area contributed by atoms with E-state index >= 15 is 0 Å². The van der Waals surface area contributed by atoms with Gasteiger partial charge in [0.25, 0.3) is 0 Å². The van der Waals surface area contributed by atoms with Crippen molar-refractivity contribution in [2.24, 2.45) is 0 Å². The molecule has 1 aromatic heterocycles. The van der Waals surface area contributed by atoms with E-state index < -0.39 is 6.23 Å². The quantitative estimate of drug-likeness (QED) is 0.756. The van der Waals surface area contributed by atoms with E-state index in [4.69, 9.17) is 4.42 Å². The number of aliphatic hydroxyl groups is 1. The highest BCUT2D eigenvalue weighted by molar-refractivity contribution is 5.77. The summed E-state index contributed by atoms with van der Waals surface area (Å²) in [6.07, 6.45) is -0.739. The van der Waals surface area contributed by atoms with Gasteiger partial charge in [-0.3, -0.25) is 5.32 Å². The highest BCUT2D eigenvalue weighted by Gasteiger charge is 2.13. The van der Waals surface area contributed by atoms with E-state index in [1.54, 1.807) is 0 Å². The van der Waals surface area contributed by atoms with Crippen molar-refractivity contribution < 1.29 is 9.52 Å². The maximum Gasteiger partial charge on any atom is 0.164 e. The molecule has 80 valence electrons. The maximum atomic E-state index is 9.79. The molecule has 0 spiro atoms. The Hall–Kier alpha value is -1.32. The number of benzene rings is 1. The Morgan fingerprint density at radius 3 is 2.67 bits per heavy atom. The van der Waals surface area contributed by atoms with Gasteiger partial charge in [-0.2, -0.15) is 0 Å². The van der Waals surface area contributed by atoms with Crippen molar-refractivity contribution in [2.45, 2.75) is 26.1 Å². The largest absolute Gasteiger partial charge is 0.457 e. The molecule has 0 aliphatic carbocycles. The van der Waals surface area contributed by atoms with Crippen molar-refractivity contribution >= 4 is 11.0 Å². The van der Waals surface area contributed by atoms with E-state index in [9.17, 15) is 5.11 Å². The Morgan fingerprint density at radius 1 is 1.27 bits per heavy atom. The summed E-state index contributed by atoms with van der Waals surface area (Å²) in [6.45, 7) is 3.96. The second kappa shape index (κ2) is 4.04. The van der Waals surface area contributed by atoms with Gasteiger partial charge in [-0.05, 0) is 26.0 Å². The molecule has 0 bridgehead atoms. The Labute approximate surface area is 88.7 Å². The molecule has 0 saturated heterocycles. The van der Waals surface area contributed by atoms with Gasteiger partial charge in [0.05, 0.1) is 0 Å². The van der Waals surface area contributed by atoms with Gasteiger partial charge in [-0.15, -0.1) is 0 Å². The van der Waals surface area contributed by atoms with E-state index in [0.717, 1.165) is 11.0 Å². The molecule has 0 fully saturated rings. The van der Waals surface area contributed by atoms with Gasteiger partial charge in [0.2, 0.25) is 0 Å². The summed E-state index contributed by atoms with van der Waals surface area (Å²) in [5.41, 5.74) is 0.803. The highest BCUT2D eigenvalue weighted by Crippen LogP contribution is 2.22. The smallest absolute Gasteiger partial charge is 0.164 e. The van der Waals surface area contributed by atoms with Crippen molar-refractivity contribution in [3.63, 3.8) is 0 Å². The molecule has 1 aromatic carbocycles. The number of furan rings is 1. The van der Waals surface area contributed by atoms with Crippen LogP contribution >= 0.6 is 0 Å². The van der Waals surface area contributed by atoms with E-state index in [2.05, 4.69) is 5.32 Å². The molecular weight excluding hydrogens is 190 g/mol. The van der Waals surface area contributed by atoms with Crippen LogP contribution in [0.2, 0.25) is 0 Å². The van der Waals surface area contributed by atoms with E-state index in [-0.39, 0.29) is 6.04 Å². The van der Waals surface area contributed by atoms with Crippen LogP contribution in [0.4, 0.5) is 0 Å². The predicted octanol–water partition coefficient (Wildman–Crippen LogP) is 2.42. The van der Waals surface area contributed by atoms with Crippen LogP contribution in [0.25, 0.3) is 11.0 Å². The number of hydrogen-bond donors (Lipinski definition) is 2. The second-order valence-corrected chi connectivity index (χ2v) is 3.91. The molecule has 1 atom stereocenters. The van der Waals surface area contributed by atoms with Crippen LogP contribution in [-0.2, 0) is 0 Å². The van der Waals surface area contributed by atoms with Crippen LogP contribution in [0.3, 0.4) is 0 Å². The van der Waals surface area contributed by atoms with Gasteiger partial charge in [0.1, 0.15) is 11.3 Å². The summed E-state index contributed by atoms with van der Waals surface area (Å²) in [5, 5.41) is 13.8. The third-order valence-corrected chi connectivity index (χ3v) is 2.21. The SMILES string of the molecule is CC(C)NC(O)c1cc2ccccc2o1. The lowest BCUT2D eigenvalue weighted by molar-refractivity contribution is 0.106. The molecule has 0 amide bonds. The first-order valence-electron chi connectivity index (χ1n) is 5.09. The van der Waals surface area contributed by atoms with Crippen LogP contribution in [0.15, 0.2) is 34.7 Å². The fourth-order valence-electron chi connectivity index (χ4n) is 1.54. The number of aliphatic hydroxyl groups excluding tert-OH is 1. The summed E-state index contributed by atoms with van der Waals surface area (Å²) in [7, 11) is 0. The van der Waals surface area contributed by atoms with Gasteiger partial charge >= 0.3 is 0 Å². The first-order chi connectivity index (χ1) is 7.16. The molecule has 0 radical (unpaired) electrons. The van der Waals surface area contributed by atoms with Crippen LogP contribution in [0.1, 0.15) is 25.8 Å². The Balaban J connectivity index is 2.28. The highest BCUT2D eigenvalue weighted by atomic mass is 16.4. The number of fused-ring (bicyclic) bond motifs is 1. The third kappa shape index (κ3) is 2.19. The lowest BCUT2D eigenvalue weighted by Gasteiger charge is -2.12. The van der Waals surface area contributed by atoms with Crippen molar-refractivity contribution in [3.8, 4) is 0 Å². The molecule has 2 rings (SSSR count). The normalized spacial score (nSPS) is 13.6. The summed E-state index contributed by atoms with van der Waals surface area (Å²) in [6, 6.07) is 9.79. The number of rotatable bonds is 3. The molecule has 2 N–H and O–H groups in total. The summed E-state index contributed by atoms with van der Waals surface area (Å²) < 4.78 is 5.52. The van der Waals surface area contributed by atoms with Crippen molar-refractivity contribution in [1.29, 1.82) is 0 Å². The van der Waals surface area contributed by atoms with Gasteiger partial charge < -0.3 is 9.52 Å². The van der Waals surface area contributed by atoms with Gasteiger partial charge in [0.15, 0.2) is 6.23 Å². The number of nitrogens with one attached hydrogen (secondary N) is 1. The van der Waals surface area contributed by atoms with Crippen LogP contribution in [0.5, 0.6) is 0 Å². The molecule has 0 aliphatic rings. The molecular formula is C12H15NO2. The Bertz CT molecular complexity index is 415. The van der Waals surface area contributed by atoms with Gasteiger partial charge in [0, 0.05) is 11.4 Å². The molecule has 15 heavy (non-hydrogen) atoms. The van der Waals surface area contributed by atoms with Crippen LogP contribution in [0, 0.1) is 0 Å². The second-order valence-electron chi connectivity index (χ2n) is 3.91. The topological polar surface area (TPSA) is 45.4 Å². The zero-order valence-electron chi connectivity index (χ0n) is 8.90. The molecule has 1 heterocycles. The number of para-hydroxylation sites is 1. The van der Waals surface area contributed by atoms with E-state index in [0.29, 0.717) is 5.76 Å². The lowest BCUT2D eigenvalue weighted by atomic mass is 10.2.